The van der Waals surface area contributed by atoms with Gasteiger partial charge in [-0.3, -0.25) is 14.4 Å². The third kappa shape index (κ3) is 62.7. The SMILES string of the molecule is CC/C=C\C/C=C\C/C=C\C/C=C\C/C=C\C/C=C\CCCCCCCCCCCCCCC(=O)OCC(COC(=O)CCCCCCCCCCCCCC)OC(=O)CCCCCC/C=C\C/C=C\C/C=C\C/C=C\CC. The van der Waals surface area contributed by atoms with Crippen molar-refractivity contribution in [2.75, 3.05) is 13.2 Å². The molecule has 0 heterocycles. The Morgan fingerprint density at radius 2 is 0.500 bits per heavy atom. The molecule has 0 aliphatic heterocycles. The van der Waals surface area contributed by atoms with Crippen LogP contribution in [0.4, 0.5) is 0 Å². The van der Waals surface area contributed by atoms with Gasteiger partial charge >= 0.3 is 17.9 Å². The molecule has 0 amide bonds. The lowest BCUT2D eigenvalue weighted by Crippen LogP contribution is -2.30. The maximum Gasteiger partial charge on any atom is 0.306 e. The Balaban J connectivity index is 4.26. The summed E-state index contributed by atoms with van der Waals surface area (Å²) in [5, 5.41) is 0. The molecule has 0 saturated carbocycles. The fourth-order valence-corrected chi connectivity index (χ4v) is 8.91. The van der Waals surface area contributed by atoms with Crippen LogP contribution in [0.1, 0.15) is 297 Å². The molecule has 0 radical (unpaired) electrons. The summed E-state index contributed by atoms with van der Waals surface area (Å²) in [5.41, 5.74) is 0. The molecule has 0 spiro atoms. The first-order valence-electron chi connectivity index (χ1n) is 32.5. The quantitative estimate of drug-likeness (QED) is 0.0261. The maximum absolute atomic E-state index is 12.9. The van der Waals surface area contributed by atoms with E-state index in [1.54, 1.807) is 0 Å². The number of esters is 3. The zero-order valence-corrected chi connectivity index (χ0v) is 50.9. The van der Waals surface area contributed by atoms with Gasteiger partial charge in [0.2, 0.25) is 0 Å². The summed E-state index contributed by atoms with van der Waals surface area (Å²) in [7, 11) is 0. The largest absolute Gasteiger partial charge is 0.462 e. The van der Waals surface area contributed by atoms with Gasteiger partial charge in [-0.1, -0.05) is 290 Å². The van der Waals surface area contributed by atoms with Crippen molar-refractivity contribution in [2.45, 2.75) is 303 Å². The minimum Gasteiger partial charge on any atom is -0.462 e. The Hall–Kier alpha value is -4.19. The molecule has 78 heavy (non-hydrogen) atoms. The van der Waals surface area contributed by atoms with Gasteiger partial charge in [0.25, 0.3) is 0 Å². The van der Waals surface area contributed by atoms with Crippen LogP contribution in [0.15, 0.2) is 122 Å². The first-order valence-corrected chi connectivity index (χ1v) is 32.5. The molecule has 1 unspecified atom stereocenters. The first kappa shape index (κ1) is 73.8. The van der Waals surface area contributed by atoms with E-state index in [4.69, 9.17) is 14.2 Å². The minimum atomic E-state index is -0.793. The second-order valence-electron chi connectivity index (χ2n) is 21.3. The van der Waals surface area contributed by atoms with E-state index in [0.717, 1.165) is 135 Å². The molecule has 0 aliphatic rings. The zero-order valence-electron chi connectivity index (χ0n) is 50.9. The molecule has 0 aromatic carbocycles. The van der Waals surface area contributed by atoms with Crippen molar-refractivity contribution >= 4 is 17.9 Å². The Labute approximate surface area is 482 Å². The lowest BCUT2D eigenvalue weighted by Gasteiger charge is -2.18. The molecule has 0 saturated heterocycles. The van der Waals surface area contributed by atoms with Crippen LogP contribution in [0.2, 0.25) is 0 Å². The fourth-order valence-electron chi connectivity index (χ4n) is 8.91. The molecular weight excluding hydrogens is 961 g/mol. The predicted octanol–water partition coefficient (Wildman–Crippen LogP) is 22.4. The van der Waals surface area contributed by atoms with E-state index in [0.29, 0.717) is 19.3 Å². The van der Waals surface area contributed by atoms with E-state index in [9.17, 15) is 14.4 Å². The van der Waals surface area contributed by atoms with Gasteiger partial charge in [-0.2, -0.15) is 0 Å². The summed E-state index contributed by atoms with van der Waals surface area (Å²) in [6.07, 6.45) is 90.7. The fraction of sp³-hybridized carbons (Fsp3) is 0.681. The second kappa shape index (κ2) is 65.3. The number of carbonyl (C=O) groups excluding carboxylic acids is 3. The number of hydrogen-bond donors (Lipinski definition) is 0. The Morgan fingerprint density at radius 1 is 0.269 bits per heavy atom. The molecule has 0 bridgehead atoms. The van der Waals surface area contributed by atoms with Gasteiger partial charge in [0, 0.05) is 19.3 Å². The van der Waals surface area contributed by atoms with Gasteiger partial charge in [0.15, 0.2) is 6.10 Å². The highest BCUT2D eigenvalue weighted by atomic mass is 16.6. The van der Waals surface area contributed by atoms with Crippen LogP contribution in [-0.2, 0) is 28.6 Å². The maximum atomic E-state index is 12.9. The number of carbonyl (C=O) groups is 3. The molecular formula is C72H120O6. The van der Waals surface area contributed by atoms with Crippen LogP contribution in [0.3, 0.4) is 0 Å². The van der Waals surface area contributed by atoms with E-state index in [2.05, 4.69) is 142 Å². The van der Waals surface area contributed by atoms with Crippen LogP contribution in [0, 0.1) is 0 Å². The highest BCUT2D eigenvalue weighted by molar-refractivity contribution is 5.71. The summed E-state index contributed by atoms with van der Waals surface area (Å²) in [6.45, 7) is 6.40. The number of ether oxygens (including phenoxy) is 3. The topological polar surface area (TPSA) is 78.9 Å². The summed E-state index contributed by atoms with van der Waals surface area (Å²) in [5.74, 6) is -0.907. The smallest absolute Gasteiger partial charge is 0.306 e. The van der Waals surface area contributed by atoms with Crippen molar-refractivity contribution in [2.24, 2.45) is 0 Å². The lowest BCUT2D eigenvalue weighted by molar-refractivity contribution is -0.167. The van der Waals surface area contributed by atoms with Gasteiger partial charge in [0.05, 0.1) is 0 Å². The van der Waals surface area contributed by atoms with E-state index >= 15 is 0 Å². The Bertz CT molecular complexity index is 1620. The second-order valence-corrected chi connectivity index (χ2v) is 21.3. The Kier molecular flexibility index (Phi) is 61.8. The van der Waals surface area contributed by atoms with Crippen LogP contribution in [-0.4, -0.2) is 37.2 Å². The first-order chi connectivity index (χ1) is 38.5. The van der Waals surface area contributed by atoms with Crippen molar-refractivity contribution in [3.8, 4) is 0 Å². The normalized spacial score (nSPS) is 12.9. The number of allylic oxidation sites excluding steroid dienone is 20. The molecule has 6 heteroatoms. The van der Waals surface area contributed by atoms with Crippen molar-refractivity contribution < 1.29 is 28.6 Å². The molecule has 0 fully saturated rings. The molecule has 6 nitrogen and oxygen atoms in total. The van der Waals surface area contributed by atoms with Gasteiger partial charge in [0.1, 0.15) is 13.2 Å². The third-order valence-corrected chi connectivity index (χ3v) is 13.7. The van der Waals surface area contributed by atoms with E-state index in [-0.39, 0.29) is 31.1 Å². The van der Waals surface area contributed by atoms with Crippen LogP contribution in [0.5, 0.6) is 0 Å². The molecule has 0 rings (SSSR count). The minimum absolute atomic E-state index is 0.0873. The summed E-state index contributed by atoms with van der Waals surface area (Å²) in [6, 6.07) is 0. The molecule has 0 N–H and O–H groups in total. The van der Waals surface area contributed by atoms with Crippen LogP contribution < -0.4 is 0 Å². The summed E-state index contributed by atoms with van der Waals surface area (Å²) in [4.78, 5) is 38.3. The lowest BCUT2D eigenvalue weighted by atomic mass is 10.0. The highest BCUT2D eigenvalue weighted by Crippen LogP contribution is 2.16. The van der Waals surface area contributed by atoms with E-state index in [1.165, 1.54) is 122 Å². The monoisotopic (exact) mass is 1080 g/mol. The van der Waals surface area contributed by atoms with Gasteiger partial charge in [-0.25, -0.2) is 0 Å². The predicted molar refractivity (Wildman–Crippen MR) is 339 cm³/mol. The molecule has 1 atom stereocenters. The standard InChI is InChI=1S/C72H120O6/c1-4-7-10-13-16-19-22-25-27-29-30-31-32-33-34-35-36-37-38-39-40-41-42-44-45-47-50-53-56-59-62-65-71(74)77-68-69(67-76-70(73)64-61-58-55-52-49-24-21-18-15-12-9-6-3)78-72(75)66-63-60-57-54-51-48-46-43-28-26-23-20-17-14-11-8-5-2/h7-8,10-11,16-17,19-20,25-28,30-31,33-34,36-37,46,48,69H,4-6,9,12-15,18,21-24,29,32,35,38-45,47,49-68H2,1-3H3/b10-7-,11-8-,19-16-,20-17-,27-25-,28-26-,31-30-,34-33-,37-36-,48-46-. The molecule has 0 aromatic rings. The van der Waals surface area contributed by atoms with Crippen molar-refractivity contribution in [3.05, 3.63) is 122 Å². The van der Waals surface area contributed by atoms with Gasteiger partial charge in [-0.05, 0) is 109 Å². The number of rotatable bonds is 58. The zero-order chi connectivity index (χ0) is 56.4. The number of hydrogen-bond acceptors (Lipinski definition) is 6. The molecule has 444 valence electrons. The molecule has 0 aliphatic carbocycles. The highest BCUT2D eigenvalue weighted by Gasteiger charge is 2.19. The van der Waals surface area contributed by atoms with Crippen molar-refractivity contribution in [3.63, 3.8) is 0 Å². The van der Waals surface area contributed by atoms with Crippen LogP contribution in [0.25, 0.3) is 0 Å². The van der Waals surface area contributed by atoms with Crippen LogP contribution >= 0.6 is 0 Å². The van der Waals surface area contributed by atoms with Gasteiger partial charge < -0.3 is 14.2 Å². The summed E-state index contributed by atoms with van der Waals surface area (Å²) >= 11 is 0. The third-order valence-electron chi connectivity index (χ3n) is 13.7. The van der Waals surface area contributed by atoms with E-state index < -0.39 is 6.10 Å². The molecule has 0 aromatic heterocycles. The average Bonchev–Trinajstić information content (AvgIpc) is 3.44. The number of unbranched alkanes of at least 4 members (excludes halogenated alkanes) is 27. The van der Waals surface area contributed by atoms with Crippen molar-refractivity contribution in [1.82, 2.24) is 0 Å². The van der Waals surface area contributed by atoms with Crippen molar-refractivity contribution in [1.29, 1.82) is 0 Å². The Morgan fingerprint density at radius 3 is 0.782 bits per heavy atom. The average molecular weight is 1080 g/mol. The van der Waals surface area contributed by atoms with Gasteiger partial charge in [-0.15, -0.1) is 0 Å². The summed E-state index contributed by atoms with van der Waals surface area (Å²) < 4.78 is 16.9. The van der Waals surface area contributed by atoms with E-state index in [1.807, 2.05) is 0 Å².